The Morgan fingerprint density at radius 2 is 2.00 bits per heavy atom. The van der Waals surface area contributed by atoms with Crippen LogP contribution in [0.4, 0.5) is 4.39 Å². The summed E-state index contributed by atoms with van der Waals surface area (Å²) in [5.74, 6) is -2.38. The molecule has 1 saturated carbocycles. The van der Waals surface area contributed by atoms with Gasteiger partial charge in [0.05, 0.1) is 10.5 Å². The van der Waals surface area contributed by atoms with Crippen LogP contribution in [0.15, 0.2) is 17.0 Å². The maximum absolute atomic E-state index is 13.7. The normalized spacial score (nSPS) is 16.2. The lowest BCUT2D eigenvalue weighted by Crippen LogP contribution is -2.41. The highest BCUT2D eigenvalue weighted by atomic mass is 32.2. The lowest BCUT2D eigenvalue weighted by Gasteiger charge is -2.33. The molecule has 0 spiro atoms. The number of rotatable bonds is 4. The van der Waals surface area contributed by atoms with Crippen LogP contribution in [-0.2, 0) is 10.0 Å². The second kappa shape index (κ2) is 5.14. The van der Waals surface area contributed by atoms with Crippen LogP contribution < -0.4 is 0 Å². The first kappa shape index (κ1) is 14.9. The molecule has 1 aromatic carbocycles. The van der Waals surface area contributed by atoms with Crippen molar-refractivity contribution < 1.29 is 22.7 Å². The van der Waals surface area contributed by atoms with E-state index in [0.29, 0.717) is 0 Å². The maximum Gasteiger partial charge on any atom is 0.338 e. The standard InChI is InChI=1S/C13H16FNO4S/c1-8-6-10(7-11(12(8)14)13(16)17)20(18,19)15(2)9-4-3-5-9/h6-7,9H,3-5H2,1-2H3,(H,16,17). The van der Waals surface area contributed by atoms with Gasteiger partial charge in [-0.1, -0.05) is 6.42 Å². The lowest BCUT2D eigenvalue weighted by molar-refractivity contribution is 0.0691. The van der Waals surface area contributed by atoms with Crippen molar-refractivity contribution >= 4 is 16.0 Å². The van der Waals surface area contributed by atoms with Crippen molar-refractivity contribution in [3.63, 3.8) is 0 Å². The Hall–Kier alpha value is -1.47. The number of carbonyl (C=O) groups is 1. The molecule has 0 radical (unpaired) electrons. The van der Waals surface area contributed by atoms with Crippen LogP contribution in [-0.4, -0.2) is 36.9 Å². The van der Waals surface area contributed by atoms with Gasteiger partial charge in [0.25, 0.3) is 0 Å². The molecule has 1 aliphatic carbocycles. The molecule has 7 heteroatoms. The number of carboxylic acids is 1. The Bertz CT molecular complexity index is 653. The molecule has 1 aliphatic rings. The van der Waals surface area contributed by atoms with Crippen molar-refractivity contribution in [3.8, 4) is 0 Å². The Morgan fingerprint density at radius 3 is 2.45 bits per heavy atom. The smallest absolute Gasteiger partial charge is 0.338 e. The molecule has 0 heterocycles. The van der Waals surface area contributed by atoms with Crippen molar-refractivity contribution in [1.82, 2.24) is 4.31 Å². The molecule has 2 rings (SSSR count). The van der Waals surface area contributed by atoms with E-state index in [-0.39, 0.29) is 16.5 Å². The highest BCUT2D eigenvalue weighted by molar-refractivity contribution is 7.89. The molecule has 5 nitrogen and oxygen atoms in total. The molecule has 1 fully saturated rings. The van der Waals surface area contributed by atoms with Crippen molar-refractivity contribution in [3.05, 3.63) is 29.1 Å². The Balaban J connectivity index is 2.49. The van der Waals surface area contributed by atoms with Gasteiger partial charge in [-0.3, -0.25) is 0 Å². The van der Waals surface area contributed by atoms with E-state index in [1.165, 1.54) is 24.3 Å². The molecule has 0 unspecified atom stereocenters. The molecule has 0 aliphatic heterocycles. The van der Waals surface area contributed by atoms with Gasteiger partial charge in [-0.15, -0.1) is 0 Å². The predicted molar refractivity (Wildman–Crippen MR) is 70.7 cm³/mol. The minimum absolute atomic E-state index is 0.00508. The fraction of sp³-hybridized carbons (Fsp3) is 0.462. The minimum Gasteiger partial charge on any atom is -0.478 e. The summed E-state index contributed by atoms with van der Waals surface area (Å²) in [5, 5.41) is 8.94. The largest absolute Gasteiger partial charge is 0.478 e. The molecule has 0 aromatic heterocycles. The summed E-state index contributed by atoms with van der Waals surface area (Å²) in [4.78, 5) is 10.8. The van der Waals surface area contributed by atoms with Gasteiger partial charge in [0, 0.05) is 13.1 Å². The second-order valence-electron chi connectivity index (χ2n) is 5.01. The predicted octanol–water partition coefficient (Wildman–Crippen LogP) is 2.01. The van der Waals surface area contributed by atoms with Crippen molar-refractivity contribution in [2.75, 3.05) is 7.05 Å². The summed E-state index contributed by atoms with van der Waals surface area (Å²) in [6.07, 6.45) is 2.57. The van der Waals surface area contributed by atoms with E-state index >= 15 is 0 Å². The number of aryl methyl sites for hydroxylation is 1. The van der Waals surface area contributed by atoms with E-state index < -0.39 is 27.4 Å². The average molecular weight is 301 g/mol. The van der Waals surface area contributed by atoms with Crippen LogP contribution in [0.2, 0.25) is 0 Å². The van der Waals surface area contributed by atoms with E-state index in [1.54, 1.807) is 0 Å². The van der Waals surface area contributed by atoms with Crippen LogP contribution >= 0.6 is 0 Å². The third kappa shape index (κ3) is 2.43. The van der Waals surface area contributed by atoms with Gasteiger partial charge in [0.2, 0.25) is 10.0 Å². The van der Waals surface area contributed by atoms with E-state index in [9.17, 15) is 17.6 Å². The second-order valence-corrected chi connectivity index (χ2v) is 7.01. The summed E-state index contributed by atoms with van der Waals surface area (Å²) < 4.78 is 39.7. The molecule has 0 atom stereocenters. The lowest BCUT2D eigenvalue weighted by atomic mass is 9.94. The number of aromatic carboxylic acids is 1. The molecule has 1 N–H and O–H groups in total. The summed E-state index contributed by atoms with van der Waals surface area (Å²) >= 11 is 0. The molecule has 0 saturated heterocycles. The fourth-order valence-corrected chi connectivity index (χ4v) is 3.68. The summed E-state index contributed by atoms with van der Waals surface area (Å²) in [6.45, 7) is 1.35. The quantitative estimate of drug-likeness (QED) is 0.923. The average Bonchev–Trinajstić information content (AvgIpc) is 2.29. The number of hydrogen-bond donors (Lipinski definition) is 1. The van der Waals surface area contributed by atoms with Gasteiger partial charge in [-0.05, 0) is 37.5 Å². The van der Waals surface area contributed by atoms with Crippen LogP contribution in [0.25, 0.3) is 0 Å². The van der Waals surface area contributed by atoms with E-state index in [4.69, 9.17) is 5.11 Å². The van der Waals surface area contributed by atoms with Crippen LogP contribution in [0.1, 0.15) is 35.2 Å². The topological polar surface area (TPSA) is 74.7 Å². The van der Waals surface area contributed by atoms with Gasteiger partial charge >= 0.3 is 5.97 Å². The zero-order valence-corrected chi connectivity index (χ0v) is 12.1. The molecular weight excluding hydrogens is 285 g/mol. The van der Waals surface area contributed by atoms with Gasteiger partial charge in [-0.2, -0.15) is 4.31 Å². The summed E-state index contributed by atoms with van der Waals surface area (Å²) in [6, 6.07) is 2.00. The van der Waals surface area contributed by atoms with Crippen LogP contribution in [0.5, 0.6) is 0 Å². The summed E-state index contributed by atoms with van der Waals surface area (Å²) in [5.41, 5.74) is -0.615. The number of sulfonamides is 1. The van der Waals surface area contributed by atoms with Gasteiger partial charge in [0.1, 0.15) is 5.82 Å². The molecule has 0 amide bonds. The fourth-order valence-electron chi connectivity index (χ4n) is 2.15. The number of benzene rings is 1. The van der Waals surface area contributed by atoms with E-state index in [1.807, 2.05) is 0 Å². The van der Waals surface area contributed by atoms with E-state index in [2.05, 4.69) is 0 Å². The van der Waals surface area contributed by atoms with E-state index in [0.717, 1.165) is 25.3 Å². The molecule has 1 aromatic rings. The number of carboxylic acid groups (broad SMARTS) is 1. The zero-order valence-electron chi connectivity index (χ0n) is 11.3. The van der Waals surface area contributed by atoms with Crippen molar-refractivity contribution in [1.29, 1.82) is 0 Å². The third-order valence-corrected chi connectivity index (χ3v) is 5.61. The highest BCUT2D eigenvalue weighted by Crippen LogP contribution is 2.29. The number of hydrogen-bond acceptors (Lipinski definition) is 3. The first-order chi connectivity index (χ1) is 9.25. The van der Waals surface area contributed by atoms with Gasteiger partial charge in [0.15, 0.2) is 0 Å². The van der Waals surface area contributed by atoms with Gasteiger partial charge < -0.3 is 5.11 Å². The highest BCUT2D eigenvalue weighted by Gasteiger charge is 2.32. The monoisotopic (exact) mass is 301 g/mol. The summed E-state index contributed by atoms with van der Waals surface area (Å²) in [7, 11) is -2.32. The van der Waals surface area contributed by atoms with Gasteiger partial charge in [-0.25, -0.2) is 17.6 Å². The molecule has 20 heavy (non-hydrogen) atoms. The minimum atomic E-state index is -3.79. The van der Waals surface area contributed by atoms with Crippen LogP contribution in [0.3, 0.4) is 0 Å². The first-order valence-electron chi connectivity index (χ1n) is 6.26. The molecule has 0 bridgehead atoms. The Morgan fingerprint density at radius 1 is 1.40 bits per heavy atom. The zero-order chi connectivity index (χ0) is 15.1. The number of halogens is 1. The van der Waals surface area contributed by atoms with Crippen molar-refractivity contribution in [2.24, 2.45) is 0 Å². The first-order valence-corrected chi connectivity index (χ1v) is 7.70. The Labute approximate surface area is 117 Å². The SMILES string of the molecule is Cc1cc(S(=O)(=O)N(C)C2CCC2)cc(C(=O)O)c1F. The Kier molecular flexibility index (Phi) is 3.84. The molecular formula is C13H16FNO4S. The van der Waals surface area contributed by atoms with Crippen molar-refractivity contribution in [2.45, 2.75) is 37.1 Å². The van der Waals surface area contributed by atoms with Crippen LogP contribution in [0, 0.1) is 12.7 Å². The number of nitrogens with zero attached hydrogens (tertiary/aromatic N) is 1. The third-order valence-electron chi connectivity index (χ3n) is 3.72. The molecule has 110 valence electrons. The maximum atomic E-state index is 13.7.